The summed E-state index contributed by atoms with van der Waals surface area (Å²) in [5.74, 6) is -1.16. The summed E-state index contributed by atoms with van der Waals surface area (Å²) >= 11 is 0. The first-order chi connectivity index (χ1) is 9.61. The molecule has 5 heteroatoms. The van der Waals surface area contributed by atoms with Crippen LogP contribution in [0.1, 0.15) is 26.2 Å². The summed E-state index contributed by atoms with van der Waals surface area (Å²) in [5.41, 5.74) is -0.485. The highest BCUT2D eigenvalue weighted by Gasteiger charge is 2.45. The fraction of sp³-hybridized carbons (Fsp3) is 0.600. The third kappa shape index (κ3) is 3.46. The molecule has 0 heterocycles. The molecule has 3 nitrogen and oxygen atoms in total. The molecule has 1 atom stereocenters. The first-order valence-corrected chi connectivity index (χ1v) is 7.05. The van der Waals surface area contributed by atoms with E-state index >= 15 is 0 Å². The molecule has 1 aliphatic carbocycles. The number of rotatable bonds is 8. The topological polar surface area (TPSA) is 41.5 Å². The van der Waals surface area contributed by atoms with Crippen molar-refractivity contribution in [3.05, 3.63) is 29.8 Å². The van der Waals surface area contributed by atoms with E-state index in [9.17, 15) is 13.9 Å². The van der Waals surface area contributed by atoms with E-state index in [1.54, 1.807) is 0 Å². The second-order valence-electron chi connectivity index (χ2n) is 5.38. The second-order valence-corrected chi connectivity index (χ2v) is 5.38. The molecule has 0 spiro atoms. The van der Waals surface area contributed by atoms with Crippen LogP contribution in [0.15, 0.2) is 18.2 Å². The Hall–Kier alpha value is -1.20. The van der Waals surface area contributed by atoms with Gasteiger partial charge >= 0.3 is 0 Å². The fourth-order valence-electron chi connectivity index (χ4n) is 2.33. The van der Waals surface area contributed by atoms with Crippen molar-refractivity contribution in [1.29, 1.82) is 0 Å². The van der Waals surface area contributed by atoms with Crippen molar-refractivity contribution in [3.63, 3.8) is 0 Å². The standard InChI is InChI=1S/C15H21F2NO2/c1-2-7-18-15(9-19,11-3-4-11)10-20-12-5-6-13(16)14(17)8-12/h5-6,8,11,18-19H,2-4,7,9-10H2,1H3. The average molecular weight is 285 g/mol. The van der Waals surface area contributed by atoms with Gasteiger partial charge in [-0.15, -0.1) is 0 Å². The summed E-state index contributed by atoms with van der Waals surface area (Å²) < 4.78 is 31.6. The predicted molar refractivity (Wildman–Crippen MR) is 72.7 cm³/mol. The van der Waals surface area contributed by atoms with Gasteiger partial charge in [0.1, 0.15) is 12.4 Å². The maximum Gasteiger partial charge on any atom is 0.162 e. The van der Waals surface area contributed by atoms with E-state index < -0.39 is 17.2 Å². The summed E-state index contributed by atoms with van der Waals surface area (Å²) in [5, 5.41) is 13.1. The van der Waals surface area contributed by atoms with E-state index in [0.29, 0.717) is 5.92 Å². The van der Waals surface area contributed by atoms with Crippen LogP contribution in [0.3, 0.4) is 0 Å². The van der Waals surface area contributed by atoms with E-state index in [-0.39, 0.29) is 19.0 Å². The smallest absolute Gasteiger partial charge is 0.162 e. The molecule has 0 aliphatic heterocycles. The molecule has 112 valence electrons. The Kier molecular flexibility index (Phi) is 4.94. The summed E-state index contributed by atoms with van der Waals surface area (Å²) in [6.45, 7) is 3.07. The van der Waals surface area contributed by atoms with Crippen molar-refractivity contribution in [2.24, 2.45) is 5.92 Å². The fourth-order valence-corrected chi connectivity index (χ4v) is 2.33. The van der Waals surface area contributed by atoms with Gasteiger partial charge in [-0.3, -0.25) is 0 Å². The molecule has 20 heavy (non-hydrogen) atoms. The molecule has 0 bridgehead atoms. The van der Waals surface area contributed by atoms with Crippen molar-refractivity contribution >= 4 is 0 Å². The molecule has 2 rings (SSSR count). The zero-order valence-corrected chi connectivity index (χ0v) is 11.7. The highest BCUT2D eigenvalue weighted by molar-refractivity contribution is 5.24. The zero-order valence-electron chi connectivity index (χ0n) is 11.7. The Morgan fingerprint density at radius 3 is 2.65 bits per heavy atom. The number of hydrogen-bond donors (Lipinski definition) is 2. The third-order valence-electron chi connectivity index (χ3n) is 3.76. The number of halogens is 2. The lowest BCUT2D eigenvalue weighted by Crippen LogP contribution is -2.55. The van der Waals surface area contributed by atoms with Crippen LogP contribution in [0, 0.1) is 17.6 Å². The molecule has 2 N–H and O–H groups in total. The maximum absolute atomic E-state index is 13.1. The average Bonchev–Trinajstić information content (AvgIpc) is 3.28. The van der Waals surface area contributed by atoms with E-state index in [1.165, 1.54) is 6.07 Å². The molecule has 1 fully saturated rings. The molecule has 1 aliphatic rings. The van der Waals surface area contributed by atoms with Crippen molar-refractivity contribution in [3.8, 4) is 5.75 Å². The van der Waals surface area contributed by atoms with Crippen LogP contribution < -0.4 is 10.1 Å². The molecule has 1 aromatic rings. The second kappa shape index (κ2) is 6.50. The minimum atomic E-state index is -0.926. The minimum absolute atomic E-state index is 0.0264. The van der Waals surface area contributed by atoms with Gasteiger partial charge in [-0.05, 0) is 43.9 Å². The van der Waals surface area contributed by atoms with Gasteiger partial charge in [0.2, 0.25) is 0 Å². The molecule has 0 aromatic heterocycles. The van der Waals surface area contributed by atoms with Crippen molar-refractivity contribution < 1.29 is 18.6 Å². The van der Waals surface area contributed by atoms with Gasteiger partial charge in [0.05, 0.1) is 12.1 Å². The first-order valence-electron chi connectivity index (χ1n) is 7.05. The lowest BCUT2D eigenvalue weighted by molar-refractivity contribution is 0.0849. The van der Waals surface area contributed by atoms with Crippen LogP contribution in [-0.4, -0.2) is 30.4 Å². The molecule has 0 saturated heterocycles. The van der Waals surface area contributed by atoms with Crippen LogP contribution in [0.2, 0.25) is 0 Å². The van der Waals surface area contributed by atoms with Crippen LogP contribution in [0.5, 0.6) is 5.75 Å². The molecule has 0 radical (unpaired) electrons. The van der Waals surface area contributed by atoms with Crippen LogP contribution in [0.25, 0.3) is 0 Å². The van der Waals surface area contributed by atoms with Crippen molar-refractivity contribution in [2.45, 2.75) is 31.7 Å². The predicted octanol–water partition coefficient (Wildman–Crippen LogP) is 2.48. The quantitative estimate of drug-likeness (QED) is 0.771. The molecule has 1 unspecified atom stereocenters. The van der Waals surface area contributed by atoms with Crippen LogP contribution >= 0.6 is 0 Å². The highest BCUT2D eigenvalue weighted by Crippen LogP contribution is 2.40. The lowest BCUT2D eigenvalue weighted by atomic mass is 9.95. The minimum Gasteiger partial charge on any atom is -0.491 e. The largest absolute Gasteiger partial charge is 0.491 e. The Balaban J connectivity index is 2.02. The number of benzene rings is 1. The summed E-state index contributed by atoms with van der Waals surface area (Å²) in [7, 11) is 0. The Labute approximate surface area is 117 Å². The Bertz CT molecular complexity index is 451. The van der Waals surface area contributed by atoms with Gasteiger partial charge in [0.15, 0.2) is 11.6 Å². The van der Waals surface area contributed by atoms with E-state index in [4.69, 9.17) is 4.74 Å². The zero-order chi connectivity index (χ0) is 14.6. The van der Waals surface area contributed by atoms with E-state index in [2.05, 4.69) is 12.2 Å². The van der Waals surface area contributed by atoms with Gasteiger partial charge in [0.25, 0.3) is 0 Å². The molecule has 0 amide bonds. The van der Waals surface area contributed by atoms with Crippen LogP contribution in [0.4, 0.5) is 8.78 Å². The summed E-state index contributed by atoms with van der Waals surface area (Å²) in [6, 6.07) is 3.47. The maximum atomic E-state index is 13.1. The van der Waals surface area contributed by atoms with Gasteiger partial charge < -0.3 is 15.2 Å². The van der Waals surface area contributed by atoms with Gasteiger partial charge in [-0.25, -0.2) is 8.78 Å². The number of aliphatic hydroxyl groups excluding tert-OH is 1. The Morgan fingerprint density at radius 2 is 2.10 bits per heavy atom. The molecule has 1 saturated carbocycles. The van der Waals surface area contributed by atoms with E-state index in [0.717, 1.165) is 37.9 Å². The first kappa shape index (κ1) is 15.2. The Morgan fingerprint density at radius 1 is 1.35 bits per heavy atom. The summed E-state index contributed by atoms with van der Waals surface area (Å²) in [4.78, 5) is 0. The highest BCUT2D eigenvalue weighted by atomic mass is 19.2. The van der Waals surface area contributed by atoms with Gasteiger partial charge in [-0.2, -0.15) is 0 Å². The number of aliphatic hydroxyl groups is 1. The number of nitrogens with one attached hydrogen (secondary N) is 1. The normalized spacial score (nSPS) is 17.8. The molecular formula is C15H21F2NO2. The van der Waals surface area contributed by atoms with Gasteiger partial charge in [-0.1, -0.05) is 6.92 Å². The monoisotopic (exact) mass is 285 g/mol. The lowest BCUT2D eigenvalue weighted by Gasteiger charge is -2.33. The molecule has 1 aromatic carbocycles. The van der Waals surface area contributed by atoms with Crippen LogP contribution in [-0.2, 0) is 0 Å². The van der Waals surface area contributed by atoms with Crippen molar-refractivity contribution in [2.75, 3.05) is 19.8 Å². The SMILES string of the molecule is CCCNC(CO)(COc1ccc(F)c(F)c1)C1CC1. The molecular weight excluding hydrogens is 264 g/mol. The number of ether oxygens (including phenoxy) is 1. The third-order valence-corrected chi connectivity index (χ3v) is 3.76. The van der Waals surface area contributed by atoms with Crippen molar-refractivity contribution in [1.82, 2.24) is 5.32 Å². The number of hydrogen-bond acceptors (Lipinski definition) is 3. The van der Waals surface area contributed by atoms with E-state index in [1.807, 2.05) is 0 Å². The van der Waals surface area contributed by atoms with Gasteiger partial charge in [0, 0.05) is 6.07 Å². The summed E-state index contributed by atoms with van der Waals surface area (Å²) in [6.07, 6.45) is 3.07.